The molecule has 2 aromatic rings. The third kappa shape index (κ3) is 5.29. The van der Waals surface area contributed by atoms with Crippen LogP contribution in [0.4, 0.5) is 13.2 Å². The van der Waals surface area contributed by atoms with Gasteiger partial charge < -0.3 is 5.32 Å². The van der Waals surface area contributed by atoms with Gasteiger partial charge in [0.2, 0.25) is 5.91 Å². The van der Waals surface area contributed by atoms with Crippen LogP contribution in [0.3, 0.4) is 0 Å². The molecule has 2 unspecified atom stereocenters. The van der Waals surface area contributed by atoms with Crippen molar-refractivity contribution in [1.29, 1.82) is 5.26 Å². The second kappa shape index (κ2) is 9.62. The highest BCUT2D eigenvalue weighted by Crippen LogP contribution is 2.34. The molecular formula is C24H23F3N2O. The van der Waals surface area contributed by atoms with Gasteiger partial charge in [0.15, 0.2) is 0 Å². The summed E-state index contributed by atoms with van der Waals surface area (Å²) >= 11 is 0. The van der Waals surface area contributed by atoms with Crippen molar-refractivity contribution in [2.45, 2.75) is 31.9 Å². The Bertz CT molecular complexity index is 942. The van der Waals surface area contributed by atoms with Crippen molar-refractivity contribution in [2.24, 2.45) is 11.8 Å². The summed E-state index contributed by atoms with van der Waals surface area (Å²) in [6, 6.07) is 14.6. The third-order valence-corrected chi connectivity index (χ3v) is 5.50. The molecule has 1 saturated carbocycles. The number of nitrogens with zero attached hydrogens (tertiary/aromatic N) is 1. The lowest BCUT2D eigenvalue weighted by atomic mass is 9.78. The summed E-state index contributed by atoms with van der Waals surface area (Å²) in [5, 5.41) is 11.3. The zero-order valence-corrected chi connectivity index (χ0v) is 16.5. The monoisotopic (exact) mass is 412 g/mol. The van der Waals surface area contributed by atoms with Crippen molar-refractivity contribution in [1.82, 2.24) is 5.32 Å². The van der Waals surface area contributed by atoms with Crippen LogP contribution in [0.25, 0.3) is 17.2 Å². The maximum absolute atomic E-state index is 12.8. The quantitative estimate of drug-likeness (QED) is 0.628. The minimum Gasteiger partial charge on any atom is -0.343 e. The van der Waals surface area contributed by atoms with Crippen LogP contribution in [0.15, 0.2) is 54.6 Å². The normalized spacial score (nSPS) is 19.4. The fourth-order valence-corrected chi connectivity index (χ4v) is 3.94. The van der Waals surface area contributed by atoms with E-state index in [-0.39, 0.29) is 24.3 Å². The molecule has 1 aliphatic carbocycles. The first-order chi connectivity index (χ1) is 14.4. The van der Waals surface area contributed by atoms with E-state index in [9.17, 15) is 18.0 Å². The number of rotatable bonds is 5. The summed E-state index contributed by atoms with van der Waals surface area (Å²) in [6.45, 7) is 0.00250. The molecule has 0 aliphatic heterocycles. The van der Waals surface area contributed by atoms with Crippen LogP contribution in [0.2, 0.25) is 0 Å². The molecule has 0 saturated heterocycles. The fraction of sp³-hybridized carbons (Fsp3) is 0.333. The van der Waals surface area contributed by atoms with E-state index >= 15 is 0 Å². The number of carbonyl (C=O) groups is 1. The van der Waals surface area contributed by atoms with Crippen molar-refractivity contribution in [3.63, 3.8) is 0 Å². The Balaban J connectivity index is 1.82. The molecule has 0 radical (unpaired) electrons. The number of carbonyl (C=O) groups excluding carboxylic acids is 1. The van der Waals surface area contributed by atoms with Crippen LogP contribution in [0.1, 0.15) is 36.8 Å². The molecule has 3 rings (SSSR count). The molecule has 1 fully saturated rings. The van der Waals surface area contributed by atoms with E-state index in [2.05, 4.69) is 5.32 Å². The van der Waals surface area contributed by atoms with Crippen molar-refractivity contribution >= 4 is 12.0 Å². The topological polar surface area (TPSA) is 52.9 Å². The number of nitrogens with one attached hydrogen (secondary N) is 1. The number of alkyl halides is 3. The Morgan fingerprint density at radius 1 is 1.10 bits per heavy atom. The Morgan fingerprint density at radius 3 is 2.50 bits per heavy atom. The van der Waals surface area contributed by atoms with Gasteiger partial charge in [-0.05, 0) is 47.6 Å². The molecule has 2 aromatic carbocycles. The molecule has 156 valence electrons. The lowest BCUT2D eigenvalue weighted by Gasteiger charge is -2.28. The summed E-state index contributed by atoms with van der Waals surface area (Å²) in [4.78, 5) is 12.4. The van der Waals surface area contributed by atoms with Crippen LogP contribution in [0, 0.1) is 23.2 Å². The average Bonchev–Trinajstić information content (AvgIpc) is 2.76. The van der Waals surface area contributed by atoms with Gasteiger partial charge in [0.1, 0.15) is 6.54 Å². The smallest absolute Gasteiger partial charge is 0.343 e. The van der Waals surface area contributed by atoms with Crippen LogP contribution < -0.4 is 5.32 Å². The minimum atomic E-state index is -4.36. The van der Waals surface area contributed by atoms with Crippen LogP contribution >= 0.6 is 0 Å². The molecule has 0 spiro atoms. The molecule has 1 aliphatic rings. The van der Waals surface area contributed by atoms with E-state index < -0.39 is 11.7 Å². The van der Waals surface area contributed by atoms with Crippen LogP contribution in [-0.2, 0) is 11.0 Å². The van der Waals surface area contributed by atoms with Gasteiger partial charge in [-0.15, -0.1) is 0 Å². The van der Waals surface area contributed by atoms with E-state index in [0.29, 0.717) is 5.56 Å². The SMILES string of the molecule is N#CCNC(=O)C1CCCCC1/C=C\c1ccccc1-c1ccc(C(F)(F)F)cc1. The molecule has 6 heteroatoms. The zero-order valence-electron chi connectivity index (χ0n) is 16.5. The van der Waals surface area contributed by atoms with Crippen molar-refractivity contribution in [2.75, 3.05) is 6.54 Å². The maximum Gasteiger partial charge on any atom is 0.416 e. The Morgan fingerprint density at radius 2 is 1.80 bits per heavy atom. The van der Waals surface area contributed by atoms with Gasteiger partial charge in [-0.25, -0.2) is 0 Å². The highest BCUT2D eigenvalue weighted by atomic mass is 19.4. The number of nitriles is 1. The standard InChI is InChI=1S/C24H23F3N2O/c25-24(26,27)20-13-11-19(12-14-20)21-7-3-1-5-17(21)9-10-18-6-2-4-8-22(18)23(30)29-16-15-28/h1,3,5,7,9-14,18,22H,2,4,6,8,16H2,(H,29,30)/b10-9-. The summed E-state index contributed by atoms with van der Waals surface area (Å²) in [6.07, 6.45) is 3.32. The van der Waals surface area contributed by atoms with Gasteiger partial charge in [-0.1, -0.05) is 61.4 Å². The zero-order chi connectivity index (χ0) is 21.6. The van der Waals surface area contributed by atoms with E-state index in [1.807, 2.05) is 42.5 Å². The fourth-order valence-electron chi connectivity index (χ4n) is 3.94. The lowest BCUT2D eigenvalue weighted by Crippen LogP contribution is -2.36. The minimum absolute atomic E-state index is 0.00250. The Labute approximate surface area is 174 Å². The van der Waals surface area contributed by atoms with Gasteiger partial charge in [0, 0.05) is 5.92 Å². The summed E-state index contributed by atoms with van der Waals surface area (Å²) < 4.78 is 38.5. The molecule has 2 atom stereocenters. The first-order valence-corrected chi connectivity index (χ1v) is 9.99. The van der Waals surface area contributed by atoms with Gasteiger partial charge >= 0.3 is 6.18 Å². The van der Waals surface area contributed by atoms with Crippen molar-refractivity contribution in [3.8, 4) is 17.2 Å². The van der Waals surface area contributed by atoms with E-state index in [1.165, 1.54) is 12.1 Å². The molecule has 0 aromatic heterocycles. The van der Waals surface area contributed by atoms with Crippen LogP contribution in [-0.4, -0.2) is 12.5 Å². The number of allylic oxidation sites excluding steroid dienone is 1. The summed E-state index contributed by atoms with van der Waals surface area (Å²) in [5.74, 6) is -0.193. The largest absolute Gasteiger partial charge is 0.416 e. The molecule has 1 N–H and O–H groups in total. The Hall–Kier alpha value is -3.07. The molecule has 3 nitrogen and oxygen atoms in total. The number of amides is 1. The highest BCUT2D eigenvalue weighted by Gasteiger charge is 2.30. The first-order valence-electron chi connectivity index (χ1n) is 9.99. The summed E-state index contributed by atoms with van der Waals surface area (Å²) in [5.41, 5.74) is 1.76. The molecule has 0 bridgehead atoms. The number of hydrogen-bond acceptors (Lipinski definition) is 2. The van der Waals surface area contributed by atoms with E-state index in [0.717, 1.165) is 48.9 Å². The van der Waals surface area contributed by atoms with Crippen molar-refractivity contribution in [3.05, 3.63) is 65.7 Å². The predicted octanol–water partition coefficient (Wildman–Crippen LogP) is 5.83. The number of benzene rings is 2. The predicted molar refractivity (Wildman–Crippen MR) is 110 cm³/mol. The van der Waals surface area contributed by atoms with Crippen LogP contribution in [0.5, 0.6) is 0 Å². The van der Waals surface area contributed by atoms with Gasteiger partial charge in [0.25, 0.3) is 0 Å². The number of halogens is 3. The molecule has 0 heterocycles. The van der Waals surface area contributed by atoms with E-state index in [1.54, 1.807) is 0 Å². The maximum atomic E-state index is 12.8. The average molecular weight is 412 g/mol. The molecular weight excluding hydrogens is 389 g/mol. The third-order valence-electron chi connectivity index (χ3n) is 5.50. The summed E-state index contributed by atoms with van der Waals surface area (Å²) in [7, 11) is 0. The lowest BCUT2D eigenvalue weighted by molar-refractivity contribution is -0.137. The first kappa shape index (κ1) is 21.6. The highest BCUT2D eigenvalue weighted by molar-refractivity contribution is 5.80. The van der Waals surface area contributed by atoms with Gasteiger partial charge in [-0.3, -0.25) is 4.79 Å². The number of hydrogen-bond donors (Lipinski definition) is 1. The van der Waals surface area contributed by atoms with Gasteiger partial charge in [-0.2, -0.15) is 18.4 Å². The second-order valence-electron chi connectivity index (χ2n) is 7.45. The molecule has 1 amide bonds. The second-order valence-corrected chi connectivity index (χ2v) is 7.45. The Kier molecular flexibility index (Phi) is 6.94. The van der Waals surface area contributed by atoms with E-state index in [4.69, 9.17) is 5.26 Å². The van der Waals surface area contributed by atoms with Gasteiger partial charge in [0.05, 0.1) is 11.6 Å². The van der Waals surface area contributed by atoms with Crippen molar-refractivity contribution < 1.29 is 18.0 Å². The molecule has 30 heavy (non-hydrogen) atoms.